The Hall–Kier alpha value is -1.70. The van der Waals surface area contributed by atoms with Gasteiger partial charge in [0.25, 0.3) is 5.91 Å². The number of carbonyl (C=O) groups is 1. The summed E-state index contributed by atoms with van der Waals surface area (Å²) < 4.78 is 16.2. The fourth-order valence-electron chi connectivity index (χ4n) is 3.38. The molecule has 3 heterocycles. The SMILES string of the molecule is COc1ncccc1C(=O)NC[C@@H]([C@H]1CCOC1)N1CCOCC1. The summed E-state index contributed by atoms with van der Waals surface area (Å²) in [6.45, 7) is 5.43. The number of carbonyl (C=O) groups excluding carboxylic acids is 1. The normalized spacial score (nSPS) is 23.0. The second-order valence-electron chi connectivity index (χ2n) is 6.11. The number of methoxy groups -OCH3 is 1. The van der Waals surface area contributed by atoms with Crippen LogP contribution in [-0.2, 0) is 9.47 Å². The largest absolute Gasteiger partial charge is 0.480 e. The number of hydrogen-bond acceptors (Lipinski definition) is 6. The van der Waals surface area contributed by atoms with Gasteiger partial charge in [-0.1, -0.05) is 0 Å². The van der Waals surface area contributed by atoms with Gasteiger partial charge in [-0.05, 0) is 18.6 Å². The zero-order valence-electron chi connectivity index (χ0n) is 14.1. The lowest BCUT2D eigenvalue weighted by atomic mass is 9.96. The van der Waals surface area contributed by atoms with Crippen LogP contribution in [0.2, 0.25) is 0 Å². The second kappa shape index (κ2) is 8.41. The van der Waals surface area contributed by atoms with E-state index in [1.54, 1.807) is 18.3 Å². The summed E-state index contributed by atoms with van der Waals surface area (Å²) in [4.78, 5) is 19.0. The van der Waals surface area contributed by atoms with E-state index >= 15 is 0 Å². The molecule has 0 spiro atoms. The first-order chi connectivity index (χ1) is 11.8. The minimum atomic E-state index is -0.155. The van der Waals surface area contributed by atoms with Gasteiger partial charge in [-0.3, -0.25) is 9.69 Å². The molecule has 2 fully saturated rings. The van der Waals surface area contributed by atoms with Crippen molar-refractivity contribution in [1.29, 1.82) is 0 Å². The number of rotatable bonds is 6. The van der Waals surface area contributed by atoms with Crippen LogP contribution in [-0.4, -0.2) is 75.0 Å². The van der Waals surface area contributed by atoms with Gasteiger partial charge in [-0.15, -0.1) is 0 Å². The lowest BCUT2D eigenvalue weighted by Crippen LogP contribution is -2.52. The quantitative estimate of drug-likeness (QED) is 0.819. The molecular weight excluding hydrogens is 310 g/mol. The van der Waals surface area contributed by atoms with Gasteiger partial charge >= 0.3 is 0 Å². The Balaban J connectivity index is 1.65. The van der Waals surface area contributed by atoms with E-state index in [1.807, 2.05) is 0 Å². The third kappa shape index (κ3) is 4.03. The Morgan fingerprint density at radius 2 is 2.25 bits per heavy atom. The molecule has 7 heteroatoms. The van der Waals surface area contributed by atoms with Crippen molar-refractivity contribution in [2.24, 2.45) is 5.92 Å². The van der Waals surface area contributed by atoms with Crippen LogP contribution < -0.4 is 10.1 Å². The Morgan fingerprint density at radius 1 is 1.42 bits per heavy atom. The highest BCUT2D eigenvalue weighted by molar-refractivity contribution is 5.96. The van der Waals surface area contributed by atoms with Gasteiger partial charge < -0.3 is 19.5 Å². The van der Waals surface area contributed by atoms with Crippen molar-refractivity contribution < 1.29 is 19.0 Å². The highest BCUT2D eigenvalue weighted by Gasteiger charge is 2.32. The Kier molecular flexibility index (Phi) is 6.01. The van der Waals surface area contributed by atoms with Crippen molar-refractivity contribution in [2.75, 3.05) is 53.2 Å². The number of nitrogens with one attached hydrogen (secondary N) is 1. The average Bonchev–Trinajstić information content (AvgIpc) is 3.17. The van der Waals surface area contributed by atoms with Gasteiger partial charge in [0.15, 0.2) is 0 Å². The van der Waals surface area contributed by atoms with Crippen LogP contribution in [0.25, 0.3) is 0 Å². The van der Waals surface area contributed by atoms with Crippen molar-refractivity contribution in [3.63, 3.8) is 0 Å². The lowest BCUT2D eigenvalue weighted by Gasteiger charge is -2.37. The lowest BCUT2D eigenvalue weighted by molar-refractivity contribution is 0.00166. The molecule has 1 amide bonds. The van der Waals surface area contributed by atoms with E-state index in [0.29, 0.717) is 23.9 Å². The number of nitrogens with zero attached hydrogens (tertiary/aromatic N) is 2. The maximum atomic E-state index is 12.5. The summed E-state index contributed by atoms with van der Waals surface area (Å²) in [6.07, 6.45) is 2.65. The summed E-state index contributed by atoms with van der Waals surface area (Å²) in [7, 11) is 1.52. The van der Waals surface area contributed by atoms with Gasteiger partial charge in [-0.25, -0.2) is 4.98 Å². The summed E-state index contributed by atoms with van der Waals surface area (Å²) >= 11 is 0. The summed E-state index contributed by atoms with van der Waals surface area (Å²) in [5.41, 5.74) is 0.461. The number of amides is 1. The third-order valence-corrected chi connectivity index (χ3v) is 4.70. The minimum absolute atomic E-state index is 0.155. The van der Waals surface area contributed by atoms with Gasteiger partial charge in [0, 0.05) is 44.4 Å². The Bertz CT molecular complexity index is 542. The first-order valence-corrected chi connectivity index (χ1v) is 8.46. The molecule has 24 heavy (non-hydrogen) atoms. The standard InChI is InChI=1S/C17H25N3O4/c1-22-17-14(3-2-5-18-17)16(21)19-11-15(13-4-8-24-12-13)20-6-9-23-10-7-20/h2-3,5,13,15H,4,6-12H2,1H3,(H,19,21)/t13-,15-/m0/s1. The molecule has 0 radical (unpaired) electrons. The molecule has 7 nitrogen and oxygen atoms in total. The molecule has 3 rings (SSSR count). The number of hydrogen-bond donors (Lipinski definition) is 1. The van der Waals surface area contributed by atoms with Crippen LogP contribution in [0.3, 0.4) is 0 Å². The molecule has 0 aromatic carbocycles. The van der Waals surface area contributed by atoms with Gasteiger partial charge in [-0.2, -0.15) is 0 Å². The summed E-state index contributed by atoms with van der Waals surface area (Å²) in [6, 6.07) is 3.73. The van der Waals surface area contributed by atoms with Gasteiger partial charge in [0.05, 0.1) is 26.9 Å². The molecule has 132 valence electrons. The molecule has 2 saturated heterocycles. The molecule has 0 aliphatic carbocycles. The van der Waals surface area contributed by atoms with E-state index in [9.17, 15) is 4.79 Å². The number of pyridine rings is 1. The van der Waals surface area contributed by atoms with Crippen LogP contribution in [0.15, 0.2) is 18.3 Å². The van der Waals surface area contributed by atoms with E-state index in [1.165, 1.54) is 7.11 Å². The van der Waals surface area contributed by atoms with Crippen molar-refractivity contribution in [3.05, 3.63) is 23.9 Å². The van der Waals surface area contributed by atoms with Crippen molar-refractivity contribution in [3.8, 4) is 5.88 Å². The molecule has 2 atom stereocenters. The highest BCUT2D eigenvalue weighted by Crippen LogP contribution is 2.22. The van der Waals surface area contributed by atoms with Crippen LogP contribution in [0.1, 0.15) is 16.8 Å². The number of aromatic nitrogens is 1. The summed E-state index contributed by atoms with van der Waals surface area (Å²) in [5, 5.41) is 3.05. The molecule has 1 aromatic heterocycles. The van der Waals surface area contributed by atoms with Crippen LogP contribution >= 0.6 is 0 Å². The third-order valence-electron chi connectivity index (χ3n) is 4.70. The van der Waals surface area contributed by atoms with Gasteiger partial charge in [0.2, 0.25) is 5.88 Å². The van der Waals surface area contributed by atoms with Crippen molar-refractivity contribution in [2.45, 2.75) is 12.5 Å². The Morgan fingerprint density at radius 3 is 2.96 bits per heavy atom. The fourth-order valence-corrected chi connectivity index (χ4v) is 3.38. The minimum Gasteiger partial charge on any atom is -0.480 e. The van der Waals surface area contributed by atoms with E-state index in [-0.39, 0.29) is 11.9 Å². The number of ether oxygens (including phenoxy) is 3. The number of morpholine rings is 1. The van der Waals surface area contributed by atoms with E-state index in [4.69, 9.17) is 14.2 Å². The monoisotopic (exact) mass is 335 g/mol. The van der Waals surface area contributed by atoms with Gasteiger partial charge in [0.1, 0.15) is 5.56 Å². The zero-order chi connectivity index (χ0) is 16.8. The molecule has 1 N–H and O–H groups in total. The highest BCUT2D eigenvalue weighted by atomic mass is 16.5. The van der Waals surface area contributed by atoms with Crippen LogP contribution in [0.4, 0.5) is 0 Å². The maximum Gasteiger partial charge on any atom is 0.256 e. The molecule has 2 aliphatic heterocycles. The molecule has 2 aliphatic rings. The molecule has 1 aromatic rings. The predicted molar refractivity (Wildman–Crippen MR) is 88.2 cm³/mol. The zero-order valence-corrected chi connectivity index (χ0v) is 14.1. The topological polar surface area (TPSA) is 72.9 Å². The molecule has 0 saturated carbocycles. The molecule has 0 bridgehead atoms. The molecular formula is C17H25N3O4. The Labute approximate surface area is 142 Å². The average molecular weight is 335 g/mol. The predicted octanol–water partition coefficient (Wildman–Crippen LogP) is 0.557. The fraction of sp³-hybridized carbons (Fsp3) is 0.647. The maximum absolute atomic E-state index is 12.5. The van der Waals surface area contributed by atoms with Crippen LogP contribution in [0, 0.1) is 5.92 Å². The first kappa shape index (κ1) is 17.1. The van der Waals surface area contributed by atoms with E-state index in [2.05, 4.69) is 15.2 Å². The second-order valence-corrected chi connectivity index (χ2v) is 6.11. The van der Waals surface area contributed by atoms with Crippen molar-refractivity contribution in [1.82, 2.24) is 15.2 Å². The van der Waals surface area contributed by atoms with E-state index in [0.717, 1.165) is 45.9 Å². The van der Waals surface area contributed by atoms with Crippen molar-refractivity contribution >= 4 is 5.91 Å². The smallest absolute Gasteiger partial charge is 0.256 e. The molecule has 0 unspecified atom stereocenters. The van der Waals surface area contributed by atoms with Crippen LogP contribution in [0.5, 0.6) is 5.88 Å². The van der Waals surface area contributed by atoms with E-state index < -0.39 is 0 Å². The first-order valence-electron chi connectivity index (χ1n) is 8.46. The summed E-state index contributed by atoms with van der Waals surface area (Å²) in [5.74, 6) is 0.637.